The Kier molecular flexibility index (Phi) is 4.75. The summed E-state index contributed by atoms with van der Waals surface area (Å²) in [5.41, 5.74) is 0.849. The number of nitrogens with zero attached hydrogens (tertiary/aromatic N) is 2. The fourth-order valence-corrected chi connectivity index (χ4v) is 3.01. The first-order valence-corrected chi connectivity index (χ1v) is 8.58. The molecule has 0 radical (unpaired) electrons. The molecule has 0 aliphatic carbocycles. The summed E-state index contributed by atoms with van der Waals surface area (Å²) in [4.78, 5) is 16.7. The van der Waals surface area contributed by atoms with Crippen LogP contribution in [0.1, 0.15) is 5.56 Å². The SMILES string of the molecule is O=C(Cc1ccc(F)cc1)Nc1nc2ccc(F)cn2c1-c1ccc(F)cc1F. The summed E-state index contributed by atoms with van der Waals surface area (Å²) in [6, 6.07) is 10.9. The number of nitrogens with one attached hydrogen (secondary N) is 1. The number of halogens is 4. The molecule has 0 fully saturated rings. The standard InChI is InChI=1S/C21H13F4N3O/c22-13-3-1-12(2-4-13)9-19(29)27-21-20(16-7-5-14(23)10-17(16)25)28-11-15(24)6-8-18(28)26-21/h1-8,10-11H,9H2,(H,27,29). The highest BCUT2D eigenvalue weighted by molar-refractivity contribution is 5.95. The Balaban J connectivity index is 1.75. The van der Waals surface area contributed by atoms with E-state index in [0.29, 0.717) is 11.6 Å². The van der Waals surface area contributed by atoms with Crippen molar-refractivity contribution in [2.24, 2.45) is 0 Å². The van der Waals surface area contributed by atoms with Gasteiger partial charge in [-0.15, -0.1) is 0 Å². The summed E-state index contributed by atoms with van der Waals surface area (Å²) >= 11 is 0. The molecule has 2 aromatic heterocycles. The van der Waals surface area contributed by atoms with Crippen molar-refractivity contribution in [2.45, 2.75) is 6.42 Å². The molecule has 2 heterocycles. The van der Waals surface area contributed by atoms with Gasteiger partial charge in [0, 0.05) is 17.8 Å². The van der Waals surface area contributed by atoms with E-state index in [4.69, 9.17) is 0 Å². The number of imidazole rings is 1. The lowest BCUT2D eigenvalue weighted by Crippen LogP contribution is -2.15. The minimum Gasteiger partial charge on any atom is -0.309 e. The van der Waals surface area contributed by atoms with E-state index in [-0.39, 0.29) is 29.1 Å². The normalized spacial score (nSPS) is 11.0. The van der Waals surface area contributed by atoms with Crippen LogP contribution in [-0.4, -0.2) is 15.3 Å². The summed E-state index contributed by atoms with van der Waals surface area (Å²) < 4.78 is 55.8. The van der Waals surface area contributed by atoms with E-state index in [2.05, 4.69) is 10.3 Å². The van der Waals surface area contributed by atoms with Crippen molar-refractivity contribution >= 4 is 17.4 Å². The van der Waals surface area contributed by atoms with Gasteiger partial charge in [-0.25, -0.2) is 22.5 Å². The highest BCUT2D eigenvalue weighted by atomic mass is 19.1. The van der Waals surface area contributed by atoms with Crippen LogP contribution in [0.25, 0.3) is 16.9 Å². The first kappa shape index (κ1) is 18.7. The van der Waals surface area contributed by atoms with E-state index >= 15 is 0 Å². The van der Waals surface area contributed by atoms with Gasteiger partial charge in [0.1, 0.15) is 34.6 Å². The minimum absolute atomic E-state index is 0.00628. The molecule has 29 heavy (non-hydrogen) atoms. The molecular formula is C21H13F4N3O. The van der Waals surface area contributed by atoms with Crippen LogP contribution >= 0.6 is 0 Å². The zero-order valence-corrected chi connectivity index (χ0v) is 14.8. The van der Waals surface area contributed by atoms with Crippen LogP contribution in [0.15, 0.2) is 60.8 Å². The Morgan fingerprint density at radius 2 is 1.59 bits per heavy atom. The molecule has 2 aromatic carbocycles. The molecule has 0 atom stereocenters. The molecule has 146 valence electrons. The van der Waals surface area contributed by atoms with Crippen molar-refractivity contribution in [1.82, 2.24) is 9.38 Å². The van der Waals surface area contributed by atoms with Gasteiger partial charge in [0.2, 0.25) is 5.91 Å². The van der Waals surface area contributed by atoms with Crippen molar-refractivity contribution < 1.29 is 22.4 Å². The zero-order chi connectivity index (χ0) is 20.5. The van der Waals surface area contributed by atoms with Gasteiger partial charge >= 0.3 is 0 Å². The van der Waals surface area contributed by atoms with E-state index in [1.165, 1.54) is 46.9 Å². The first-order valence-electron chi connectivity index (χ1n) is 8.58. The molecule has 8 heteroatoms. The maximum atomic E-state index is 14.4. The Hall–Kier alpha value is -3.68. The Morgan fingerprint density at radius 3 is 2.31 bits per heavy atom. The number of hydrogen-bond acceptors (Lipinski definition) is 2. The van der Waals surface area contributed by atoms with Crippen molar-refractivity contribution in [3.8, 4) is 11.3 Å². The summed E-state index contributed by atoms with van der Waals surface area (Å²) in [7, 11) is 0. The van der Waals surface area contributed by atoms with E-state index in [9.17, 15) is 22.4 Å². The number of hydrogen-bond donors (Lipinski definition) is 1. The molecule has 0 saturated carbocycles. The van der Waals surface area contributed by atoms with Crippen LogP contribution in [0.5, 0.6) is 0 Å². The molecule has 4 rings (SSSR count). The number of anilines is 1. The average Bonchev–Trinajstić information content (AvgIpc) is 3.00. The second-order valence-electron chi connectivity index (χ2n) is 6.36. The molecule has 0 aliphatic rings. The summed E-state index contributed by atoms with van der Waals surface area (Å²) in [6.07, 6.45) is 1.02. The Labute approximate surface area is 162 Å². The van der Waals surface area contributed by atoms with Crippen LogP contribution in [0.4, 0.5) is 23.4 Å². The quantitative estimate of drug-likeness (QED) is 0.504. The van der Waals surface area contributed by atoms with Gasteiger partial charge < -0.3 is 5.32 Å². The number of rotatable bonds is 4. The second-order valence-corrected chi connectivity index (χ2v) is 6.36. The molecule has 0 saturated heterocycles. The van der Waals surface area contributed by atoms with Crippen LogP contribution in [0, 0.1) is 23.3 Å². The van der Waals surface area contributed by atoms with Gasteiger partial charge in [0.25, 0.3) is 0 Å². The van der Waals surface area contributed by atoms with Gasteiger partial charge in [-0.2, -0.15) is 0 Å². The van der Waals surface area contributed by atoms with E-state index in [1.54, 1.807) is 0 Å². The predicted octanol–water partition coefficient (Wildman–Crippen LogP) is 4.74. The highest BCUT2D eigenvalue weighted by Gasteiger charge is 2.20. The predicted molar refractivity (Wildman–Crippen MR) is 99.2 cm³/mol. The maximum Gasteiger partial charge on any atom is 0.230 e. The minimum atomic E-state index is -0.884. The molecule has 0 bridgehead atoms. The summed E-state index contributed by atoms with van der Waals surface area (Å²) in [6.45, 7) is 0. The third-order valence-electron chi connectivity index (χ3n) is 4.30. The lowest BCUT2D eigenvalue weighted by Gasteiger charge is -2.08. The number of benzene rings is 2. The number of fused-ring (bicyclic) bond motifs is 1. The number of amides is 1. The largest absolute Gasteiger partial charge is 0.309 e. The average molecular weight is 399 g/mol. The topological polar surface area (TPSA) is 46.4 Å². The van der Waals surface area contributed by atoms with Gasteiger partial charge in [-0.3, -0.25) is 9.20 Å². The van der Waals surface area contributed by atoms with Crippen molar-refractivity contribution in [3.05, 3.63) is 89.6 Å². The third-order valence-corrected chi connectivity index (χ3v) is 4.30. The molecule has 4 nitrogen and oxygen atoms in total. The fraction of sp³-hybridized carbons (Fsp3) is 0.0476. The number of aromatic nitrogens is 2. The van der Waals surface area contributed by atoms with Crippen LogP contribution in [0.2, 0.25) is 0 Å². The molecule has 0 spiro atoms. The summed E-state index contributed by atoms with van der Waals surface area (Å²) in [5.74, 6) is -3.16. The van der Waals surface area contributed by atoms with Crippen LogP contribution < -0.4 is 5.32 Å². The molecule has 1 N–H and O–H groups in total. The van der Waals surface area contributed by atoms with E-state index in [1.807, 2.05) is 0 Å². The fourth-order valence-electron chi connectivity index (χ4n) is 3.01. The van der Waals surface area contributed by atoms with Gasteiger partial charge in [-0.1, -0.05) is 12.1 Å². The number of pyridine rings is 1. The number of carbonyl (C=O) groups is 1. The summed E-state index contributed by atoms with van der Waals surface area (Å²) in [5, 5.41) is 2.58. The van der Waals surface area contributed by atoms with Crippen molar-refractivity contribution in [1.29, 1.82) is 0 Å². The van der Waals surface area contributed by atoms with E-state index < -0.39 is 29.2 Å². The monoisotopic (exact) mass is 399 g/mol. The molecule has 4 aromatic rings. The molecular weight excluding hydrogens is 386 g/mol. The second kappa shape index (κ2) is 7.38. The highest BCUT2D eigenvalue weighted by Crippen LogP contribution is 2.31. The van der Waals surface area contributed by atoms with Gasteiger partial charge in [-0.05, 0) is 42.0 Å². The van der Waals surface area contributed by atoms with Crippen LogP contribution in [-0.2, 0) is 11.2 Å². The number of carbonyl (C=O) groups excluding carboxylic acids is 1. The lowest BCUT2D eigenvalue weighted by atomic mass is 10.1. The zero-order valence-electron chi connectivity index (χ0n) is 14.8. The molecule has 0 aliphatic heterocycles. The Bertz CT molecular complexity index is 1220. The lowest BCUT2D eigenvalue weighted by molar-refractivity contribution is -0.115. The van der Waals surface area contributed by atoms with E-state index in [0.717, 1.165) is 12.3 Å². The van der Waals surface area contributed by atoms with Crippen molar-refractivity contribution in [3.63, 3.8) is 0 Å². The Morgan fingerprint density at radius 1 is 0.897 bits per heavy atom. The van der Waals surface area contributed by atoms with Gasteiger partial charge in [0.05, 0.1) is 6.42 Å². The third kappa shape index (κ3) is 3.82. The molecule has 0 unspecified atom stereocenters. The first-order chi connectivity index (χ1) is 13.9. The van der Waals surface area contributed by atoms with Crippen molar-refractivity contribution in [2.75, 3.05) is 5.32 Å². The van der Waals surface area contributed by atoms with Gasteiger partial charge in [0.15, 0.2) is 5.82 Å². The smallest absolute Gasteiger partial charge is 0.230 e. The maximum absolute atomic E-state index is 14.4. The molecule has 1 amide bonds. The van der Waals surface area contributed by atoms with Crippen LogP contribution in [0.3, 0.4) is 0 Å².